The molecule has 10 heteroatoms. The third kappa shape index (κ3) is 6.48. The van der Waals surface area contributed by atoms with Crippen LogP contribution < -0.4 is 10.7 Å². The van der Waals surface area contributed by atoms with Crippen molar-refractivity contribution in [2.24, 2.45) is 5.92 Å². The second-order valence-corrected chi connectivity index (χ2v) is 9.77. The molecule has 0 aliphatic carbocycles. The molecule has 1 heterocycles. The zero-order chi connectivity index (χ0) is 25.0. The number of hydrazine groups is 1. The molecule has 1 aliphatic rings. The first kappa shape index (κ1) is 25.5. The number of anilines is 1. The predicted molar refractivity (Wildman–Crippen MR) is 128 cm³/mol. The summed E-state index contributed by atoms with van der Waals surface area (Å²) in [7, 11) is 0. The number of ether oxygens (including phenoxy) is 1. The number of carbonyl (C=O) groups is 4. The van der Waals surface area contributed by atoms with Crippen LogP contribution in [0.4, 0.5) is 5.69 Å². The van der Waals surface area contributed by atoms with Crippen LogP contribution in [0.3, 0.4) is 0 Å². The van der Waals surface area contributed by atoms with Crippen molar-refractivity contribution in [1.29, 1.82) is 0 Å². The van der Waals surface area contributed by atoms with Gasteiger partial charge in [-0.25, -0.2) is 0 Å². The number of nitrogens with zero attached hydrogens (tertiary/aromatic N) is 1. The van der Waals surface area contributed by atoms with Crippen molar-refractivity contribution in [1.82, 2.24) is 10.4 Å². The lowest BCUT2D eigenvalue weighted by Crippen LogP contribution is -2.43. The van der Waals surface area contributed by atoms with E-state index in [1.165, 1.54) is 12.1 Å². The topological polar surface area (TPSA) is 105 Å². The van der Waals surface area contributed by atoms with Gasteiger partial charge in [-0.2, -0.15) is 0 Å². The Balaban J connectivity index is 1.49. The Kier molecular flexibility index (Phi) is 7.84. The molecule has 180 valence electrons. The van der Waals surface area contributed by atoms with Gasteiger partial charge in [-0.15, -0.1) is 0 Å². The molecule has 8 nitrogen and oxygen atoms in total. The fraction of sp³-hybridized carbons (Fsp3) is 0.333. The highest BCUT2D eigenvalue weighted by Gasteiger charge is 2.36. The van der Waals surface area contributed by atoms with Crippen LogP contribution in [-0.2, 0) is 24.5 Å². The van der Waals surface area contributed by atoms with Gasteiger partial charge in [0.25, 0.3) is 11.8 Å². The Morgan fingerprint density at radius 1 is 1.06 bits per heavy atom. The number of nitrogens with one attached hydrogen (secondary N) is 2. The number of hydrogen-bond acceptors (Lipinski definition) is 5. The van der Waals surface area contributed by atoms with E-state index in [2.05, 4.69) is 31.5 Å². The molecule has 2 aromatic carbocycles. The number of halogens is 2. The number of esters is 1. The zero-order valence-corrected chi connectivity index (χ0v) is 20.5. The monoisotopic (exact) mass is 505 g/mol. The fourth-order valence-electron chi connectivity index (χ4n) is 3.31. The number of rotatable bonds is 6. The van der Waals surface area contributed by atoms with E-state index >= 15 is 0 Å². The van der Waals surface area contributed by atoms with Crippen molar-refractivity contribution in [3.63, 3.8) is 0 Å². The smallest absolute Gasteiger partial charge is 0.311 e. The molecule has 3 rings (SSSR count). The third-order valence-corrected chi connectivity index (χ3v) is 6.00. The Bertz CT molecular complexity index is 1110. The average Bonchev–Trinajstić information content (AvgIpc) is 3.14. The summed E-state index contributed by atoms with van der Waals surface area (Å²) in [6.45, 7) is 5.64. The van der Waals surface area contributed by atoms with E-state index < -0.39 is 36.2 Å². The van der Waals surface area contributed by atoms with Crippen molar-refractivity contribution in [3.8, 4) is 0 Å². The van der Waals surface area contributed by atoms with Gasteiger partial charge < -0.3 is 10.1 Å². The molecule has 1 saturated heterocycles. The molecule has 0 radical (unpaired) electrons. The molecule has 0 bridgehead atoms. The van der Waals surface area contributed by atoms with Crippen molar-refractivity contribution < 1.29 is 23.9 Å². The molecule has 2 N–H and O–H groups in total. The summed E-state index contributed by atoms with van der Waals surface area (Å²) in [4.78, 5) is 49.2. The van der Waals surface area contributed by atoms with Gasteiger partial charge in [-0.05, 0) is 41.3 Å². The molecule has 1 fully saturated rings. The molecule has 0 spiro atoms. The zero-order valence-electron chi connectivity index (χ0n) is 19.0. The van der Waals surface area contributed by atoms with Crippen LogP contribution in [0.5, 0.6) is 0 Å². The second-order valence-electron chi connectivity index (χ2n) is 8.96. The minimum Gasteiger partial charge on any atom is -0.455 e. The normalized spacial score (nSPS) is 15.7. The van der Waals surface area contributed by atoms with Gasteiger partial charge in [0.1, 0.15) is 0 Å². The number of carbonyl (C=O) groups excluding carboxylic acids is 4. The average molecular weight is 506 g/mol. The summed E-state index contributed by atoms with van der Waals surface area (Å²) >= 11 is 11.7. The van der Waals surface area contributed by atoms with Gasteiger partial charge in [0, 0.05) is 17.7 Å². The highest BCUT2D eigenvalue weighted by atomic mass is 35.5. The molecule has 34 heavy (non-hydrogen) atoms. The van der Waals surface area contributed by atoms with Crippen LogP contribution in [0.2, 0.25) is 10.0 Å². The first-order valence-corrected chi connectivity index (χ1v) is 11.3. The second kappa shape index (κ2) is 10.4. The van der Waals surface area contributed by atoms with Crippen LogP contribution in [0.15, 0.2) is 42.5 Å². The van der Waals surface area contributed by atoms with Gasteiger partial charge >= 0.3 is 5.97 Å². The van der Waals surface area contributed by atoms with Crippen molar-refractivity contribution in [3.05, 3.63) is 63.6 Å². The summed E-state index contributed by atoms with van der Waals surface area (Å²) < 4.78 is 5.04. The number of amides is 3. The molecule has 2 aromatic rings. The highest BCUT2D eigenvalue weighted by molar-refractivity contribution is 6.42. The first-order chi connectivity index (χ1) is 15.9. The minimum atomic E-state index is -0.797. The largest absolute Gasteiger partial charge is 0.455 e. The standard InChI is InChI=1S/C24H25Cl2N3O5/c1-24(2,3)16-6-4-14(5-7-16)22(32)28-29-12-15(10-21(29)31)23(33)34-13-20(30)27-17-8-9-18(25)19(26)11-17/h4-9,11,15H,10,12-13H2,1-3H3,(H,27,30)(H,28,32)/t15-/m1/s1. The predicted octanol–water partition coefficient (Wildman–Crippen LogP) is 3.97. The first-order valence-electron chi connectivity index (χ1n) is 10.6. The number of hydrogen-bond donors (Lipinski definition) is 2. The quantitative estimate of drug-likeness (QED) is 0.578. The summed E-state index contributed by atoms with van der Waals surface area (Å²) in [5.41, 5.74) is 4.35. The SMILES string of the molecule is CC(C)(C)c1ccc(C(=O)NN2C[C@H](C(=O)OCC(=O)Nc3ccc(Cl)c(Cl)c3)CC2=O)cc1. The van der Waals surface area contributed by atoms with Crippen LogP contribution in [0.1, 0.15) is 43.1 Å². The molecule has 0 saturated carbocycles. The van der Waals surface area contributed by atoms with E-state index in [-0.39, 0.29) is 23.4 Å². The molecule has 1 aliphatic heterocycles. The third-order valence-electron chi connectivity index (χ3n) is 5.26. The molecule has 0 unspecified atom stereocenters. The van der Waals surface area contributed by atoms with E-state index in [9.17, 15) is 19.2 Å². The maximum absolute atomic E-state index is 12.5. The molecule has 3 amide bonds. The summed E-state index contributed by atoms with van der Waals surface area (Å²) in [6, 6.07) is 11.7. The maximum atomic E-state index is 12.5. The van der Waals surface area contributed by atoms with Crippen molar-refractivity contribution in [2.75, 3.05) is 18.5 Å². The summed E-state index contributed by atoms with van der Waals surface area (Å²) in [5, 5.41) is 4.25. The molecule has 0 aromatic heterocycles. The van der Waals surface area contributed by atoms with Gasteiger partial charge in [0.2, 0.25) is 5.91 Å². The lowest BCUT2D eigenvalue weighted by Gasteiger charge is -2.20. The van der Waals surface area contributed by atoms with Crippen LogP contribution in [0.25, 0.3) is 0 Å². The lowest BCUT2D eigenvalue weighted by atomic mass is 9.87. The molecular formula is C24H25Cl2N3O5. The minimum absolute atomic E-state index is 0.0438. The van der Waals surface area contributed by atoms with E-state index in [0.717, 1.165) is 10.6 Å². The van der Waals surface area contributed by atoms with E-state index in [1.54, 1.807) is 18.2 Å². The highest BCUT2D eigenvalue weighted by Crippen LogP contribution is 2.25. The van der Waals surface area contributed by atoms with Gasteiger partial charge in [0.05, 0.1) is 22.5 Å². The summed E-state index contributed by atoms with van der Waals surface area (Å²) in [6.07, 6.45) is -0.128. The molecule has 1 atom stereocenters. The van der Waals surface area contributed by atoms with E-state index in [4.69, 9.17) is 27.9 Å². The van der Waals surface area contributed by atoms with E-state index in [0.29, 0.717) is 16.3 Å². The maximum Gasteiger partial charge on any atom is 0.311 e. The Labute approximate surface area is 207 Å². The van der Waals surface area contributed by atoms with Gasteiger partial charge in [-0.3, -0.25) is 29.6 Å². The lowest BCUT2D eigenvalue weighted by molar-refractivity contribution is -0.151. The van der Waals surface area contributed by atoms with Crippen LogP contribution >= 0.6 is 23.2 Å². The Hall–Kier alpha value is -3.10. The van der Waals surface area contributed by atoms with Crippen molar-refractivity contribution >= 4 is 52.6 Å². The summed E-state index contributed by atoms with van der Waals surface area (Å²) in [5.74, 6) is -2.94. The Morgan fingerprint density at radius 3 is 2.35 bits per heavy atom. The fourth-order valence-corrected chi connectivity index (χ4v) is 3.61. The number of benzene rings is 2. The van der Waals surface area contributed by atoms with Crippen molar-refractivity contribution in [2.45, 2.75) is 32.6 Å². The van der Waals surface area contributed by atoms with Gasteiger partial charge in [-0.1, -0.05) is 56.1 Å². The van der Waals surface area contributed by atoms with Crippen LogP contribution in [0, 0.1) is 5.92 Å². The van der Waals surface area contributed by atoms with Crippen LogP contribution in [-0.4, -0.2) is 41.9 Å². The van der Waals surface area contributed by atoms with Gasteiger partial charge in [0.15, 0.2) is 6.61 Å². The van der Waals surface area contributed by atoms with E-state index in [1.807, 2.05) is 12.1 Å². The molecular weight excluding hydrogens is 481 g/mol. The Morgan fingerprint density at radius 2 is 1.74 bits per heavy atom.